The Labute approximate surface area is 383 Å². The van der Waals surface area contributed by atoms with Gasteiger partial charge in [0, 0.05) is 25.7 Å². The maximum absolute atomic E-state index is 14.1. The van der Waals surface area contributed by atoms with Gasteiger partial charge in [-0.1, -0.05) is 41.0 Å². The minimum atomic E-state index is -5.29. The summed E-state index contributed by atoms with van der Waals surface area (Å²) in [5, 5.41) is 11.6. The lowest BCUT2D eigenvalue weighted by Gasteiger charge is -2.32. The van der Waals surface area contributed by atoms with Crippen molar-refractivity contribution in [2.24, 2.45) is 21.5 Å². The molecule has 1 aromatic rings. The number of likely N-dealkylation sites (N-methyl/N-ethyl adjacent to an activating group) is 2. The molecule has 0 spiro atoms. The molecule has 0 radical (unpaired) electrons. The minimum absolute atomic E-state index is 0.0471. The van der Waals surface area contributed by atoms with E-state index in [2.05, 4.69) is 59.5 Å². The maximum atomic E-state index is 14.1. The number of nitrogens with two attached hydrogens (primary N) is 2. The fourth-order valence-corrected chi connectivity index (χ4v) is 7.14. The Bertz CT molecular complexity index is 2210. The van der Waals surface area contributed by atoms with Crippen molar-refractivity contribution in [3.05, 3.63) is 64.3 Å². The van der Waals surface area contributed by atoms with Crippen LogP contribution in [0.4, 0.5) is 0 Å². The molecule has 1 rings (SSSR count). The molecular weight excluding hydrogens is 915 g/mol. The van der Waals surface area contributed by atoms with Gasteiger partial charge in [0.15, 0.2) is 17.7 Å². The van der Waals surface area contributed by atoms with Crippen molar-refractivity contribution < 1.29 is 61.0 Å². The van der Waals surface area contributed by atoms with Gasteiger partial charge in [-0.15, -0.1) is 0 Å². The van der Waals surface area contributed by atoms with Crippen LogP contribution in [0.2, 0.25) is 0 Å². The third-order valence-corrected chi connectivity index (χ3v) is 10.5. The lowest BCUT2D eigenvalue weighted by molar-refractivity contribution is -0.141. The second-order valence-electron chi connectivity index (χ2n) is 15.4. The fourth-order valence-electron chi connectivity index (χ4n) is 5.93. The largest absolute Gasteiger partial charge is 0.446 e. The Morgan fingerprint density at radius 2 is 1.40 bits per heavy atom. The molecule has 0 aliphatic heterocycles. The molecule has 0 aromatic heterocycles. The summed E-state index contributed by atoms with van der Waals surface area (Å²) in [6, 6.07) is -0.519. The predicted octanol–water partition coefficient (Wildman–Crippen LogP) is 2.00. The molecule has 65 heavy (non-hydrogen) atoms. The number of hydrogen-bond donors (Lipinski definition) is 9. The number of benzene rings is 1. The molecule has 2 unspecified atom stereocenters. The van der Waals surface area contributed by atoms with Gasteiger partial charge in [-0.2, -0.15) is 25.3 Å². The van der Waals surface area contributed by atoms with Crippen molar-refractivity contribution in [1.29, 1.82) is 0 Å². The molecular formula is C39H67N9O14S3. The van der Waals surface area contributed by atoms with E-state index in [1.54, 1.807) is 7.05 Å². The van der Waals surface area contributed by atoms with E-state index in [0.717, 1.165) is 36.6 Å². The van der Waals surface area contributed by atoms with E-state index in [-0.39, 0.29) is 36.9 Å². The predicted molar refractivity (Wildman–Crippen MR) is 247 cm³/mol. The molecule has 0 saturated heterocycles. The SMILES string of the molecule is CNC(CCCNC(N)=NC/C=C(/C)CCC=C(C)C)C(=O)N(C)C(CCCNC(N)=NCC=C(C)C)C(=O)N[C@H](C)[C@H](OS(=O)(=O)O)c1ccc(OS(=O)(=O)O)c(COS(=O)(=O)O)c1. The highest BCUT2D eigenvalue weighted by atomic mass is 32.3. The first-order chi connectivity index (χ1) is 30.1. The van der Waals surface area contributed by atoms with Gasteiger partial charge in [0.05, 0.1) is 31.8 Å². The van der Waals surface area contributed by atoms with Gasteiger partial charge < -0.3 is 41.8 Å². The minimum Gasteiger partial charge on any atom is -0.370 e. The van der Waals surface area contributed by atoms with Crippen molar-refractivity contribution >= 4 is 54.9 Å². The van der Waals surface area contributed by atoms with Gasteiger partial charge in [-0.05, 0) is 105 Å². The number of nitrogens with zero attached hydrogens (tertiary/aromatic N) is 3. The Morgan fingerprint density at radius 1 is 0.831 bits per heavy atom. The van der Waals surface area contributed by atoms with Crippen molar-refractivity contribution in [3.8, 4) is 5.75 Å². The van der Waals surface area contributed by atoms with Crippen LogP contribution in [-0.2, 0) is 55.8 Å². The van der Waals surface area contributed by atoms with Crippen LogP contribution in [0.5, 0.6) is 5.75 Å². The molecule has 0 fully saturated rings. The van der Waals surface area contributed by atoms with Gasteiger partial charge in [0.25, 0.3) is 0 Å². The van der Waals surface area contributed by atoms with Gasteiger partial charge in [0.1, 0.15) is 12.1 Å². The summed E-state index contributed by atoms with van der Waals surface area (Å²) in [4.78, 5) is 37.9. The zero-order valence-electron chi connectivity index (χ0n) is 38.1. The van der Waals surface area contributed by atoms with E-state index >= 15 is 0 Å². The van der Waals surface area contributed by atoms with E-state index in [0.29, 0.717) is 32.5 Å². The zero-order chi connectivity index (χ0) is 49.5. The summed E-state index contributed by atoms with van der Waals surface area (Å²) >= 11 is 0. The molecule has 2 amide bonds. The van der Waals surface area contributed by atoms with Gasteiger partial charge in [0.2, 0.25) is 11.8 Å². The highest BCUT2D eigenvalue weighted by molar-refractivity contribution is 7.81. The molecule has 23 nitrogen and oxygen atoms in total. The number of rotatable bonds is 29. The summed E-state index contributed by atoms with van der Waals surface area (Å²) in [6.07, 6.45) is 7.21. The maximum Gasteiger partial charge on any atom is 0.446 e. The number of nitrogens with one attached hydrogen (secondary N) is 4. The van der Waals surface area contributed by atoms with Crippen LogP contribution in [0, 0.1) is 0 Å². The monoisotopic (exact) mass is 981 g/mol. The molecule has 370 valence electrons. The summed E-state index contributed by atoms with van der Waals surface area (Å²) in [5.74, 6) is -1.56. The number of carbonyl (C=O) groups excluding carboxylic acids is 2. The molecule has 11 N–H and O–H groups in total. The molecule has 0 heterocycles. The average molecular weight is 982 g/mol. The lowest BCUT2D eigenvalue weighted by Crippen LogP contribution is -2.55. The van der Waals surface area contributed by atoms with Gasteiger partial charge in [-0.3, -0.25) is 23.2 Å². The van der Waals surface area contributed by atoms with Crippen LogP contribution in [0.3, 0.4) is 0 Å². The first-order valence-electron chi connectivity index (χ1n) is 20.4. The summed E-state index contributed by atoms with van der Waals surface area (Å²) in [5.41, 5.74) is 14.8. The lowest BCUT2D eigenvalue weighted by atomic mass is 9.99. The molecule has 0 bridgehead atoms. The second kappa shape index (κ2) is 28.4. The number of carbonyl (C=O) groups is 2. The highest BCUT2D eigenvalue weighted by Crippen LogP contribution is 2.30. The van der Waals surface area contributed by atoms with Gasteiger partial charge in [-0.25, -0.2) is 18.4 Å². The number of hydrogen-bond acceptors (Lipinski definition) is 14. The number of allylic oxidation sites excluding steroid dienone is 4. The second-order valence-corrected chi connectivity index (χ2v) is 18.5. The molecule has 26 heteroatoms. The van der Waals surface area contributed by atoms with Crippen LogP contribution in [0.25, 0.3) is 0 Å². The Kier molecular flexibility index (Phi) is 25.5. The first-order valence-corrected chi connectivity index (χ1v) is 24.5. The van der Waals surface area contributed by atoms with Crippen LogP contribution in [0.15, 0.2) is 63.1 Å². The molecule has 0 aliphatic carbocycles. The smallest absolute Gasteiger partial charge is 0.370 e. The molecule has 4 atom stereocenters. The Morgan fingerprint density at radius 3 is 1.92 bits per heavy atom. The third-order valence-electron chi connectivity index (χ3n) is 9.28. The first kappa shape index (κ1) is 58.3. The van der Waals surface area contributed by atoms with E-state index in [4.69, 9.17) is 20.2 Å². The van der Waals surface area contributed by atoms with Crippen molar-refractivity contribution in [3.63, 3.8) is 0 Å². The van der Waals surface area contributed by atoms with Crippen LogP contribution in [-0.4, -0.2) is 126 Å². The number of amides is 2. The standard InChI is InChI=1S/C39H67N9O14S3/c1-26(2)12-9-13-28(5)19-23-46-39(41)43-20-10-14-32(42-7)37(50)48(8)33(15-11-21-44-38(40)45-22-18-27(3)4)36(49)47-29(6)35(62-65(57,58)59)30-16-17-34(61-64(54,55)56)31(24-30)25-60-63(51,52)53/h12,16-19,24,29,32-33,35,42H,9-11,13-15,20-23,25H2,1-8H3,(H,47,49)(H3,40,44,45)(H3,41,43,46)(H,51,52,53)(H,54,55,56)(H,57,58,59)/b28-19-/t29-,32?,33?,35+/m1/s1. The van der Waals surface area contributed by atoms with Crippen LogP contribution in [0.1, 0.15) is 97.3 Å². The van der Waals surface area contributed by atoms with E-state index in [1.807, 2.05) is 32.9 Å². The number of aliphatic imine (C=N–C) groups is 2. The quantitative estimate of drug-likeness (QED) is 0.0182. The highest BCUT2D eigenvalue weighted by Gasteiger charge is 2.34. The zero-order valence-corrected chi connectivity index (χ0v) is 40.6. The average Bonchev–Trinajstić information content (AvgIpc) is 3.17. The van der Waals surface area contributed by atoms with Crippen molar-refractivity contribution in [1.82, 2.24) is 26.2 Å². The van der Waals surface area contributed by atoms with E-state index in [9.17, 15) is 43.9 Å². The van der Waals surface area contributed by atoms with Gasteiger partial charge >= 0.3 is 31.2 Å². The van der Waals surface area contributed by atoms with Crippen LogP contribution >= 0.6 is 0 Å². The normalized spacial score (nSPS) is 14.7. The molecule has 1 aromatic carbocycles. The fraction of sp³-hybridized carbons (Fsp3) is 0.590. The third kappa shape index (κ3) is 26.2. The van der Waals surface area contributed by atoms with Crippen LogP contribution < -0.4 is 36.9 Å². The van der Waals surface area contributed by atoms with E-state index in [1.165, 1.54) is 30.0 Å². The van der Waals surface area contributed by atoms with Crippen molar-refractivity contribution in [2.45, 2.75) is 111 Å². The topological polar surface area (TPSA) is 353 Å². The molecule has 0 aliphatic rings. The van der Waals surface area contributed by atoms with E-state index < -0.39 is 85.2 Å². The summed E-state index contributed by atoms with van der Waals surface area (Å²) < 4.78 is 111. The summed E-state index contributed by atoms with van der Waals surface area (Å²) in [6.45, 7) is 11.5. The number of guanidine groups is 2. The Balaban J connectivity index is 3.37. The Hall–Kier alpha value is -4.67. The van der Waals surface area contributed by atoms with Crippen molar-refractivity contribution in [2.75, 3.05) is 40.3 Å². The molecule has 0 saturated carbocycles. The summed E-state index contributed by atoms with van der Waals surface area (Å²) in [7, 11) is -12.6.